The summed E-state index contributed by atoms with van der Waals surface area (Å²) in [6, 6.07) is 4.63. The standard InChI is InChI=1S/C14H18N2O2/c1-4-6-11(5-2)16-14(17)12-8-7-10(15)9-13(12)18-3/h2,7-9,11H,4,6,15H2,1,3H3,(H,16,17). The number of rotatable bonds is 5. The predicted molar refractivity (Wildman–Crippen MR) is 72.4 cm³/mol. The average Bonchev–Trinajstić information content (AvgIpc) is 2.37. The lowest BCUT2D eigenvalue weighted by Gasteiger charge is -2.14. The molecule has 1 atom stereocenters. The molecule has 4 heteroatoms. The number of ether oxygens (including phenoxy) is 1. The van der Waals surface area contributed by atoms with E-state index >= 15 is 0 Å². The van der Waals surface area contributed by atoms with Gasteiger partial charge in [-0.2, -0.15) is 0 Å². The van der Waals surface area contributed by atoms with Gasteiger partial charge in [-0.05, 0) is 18.6 Å². The number of hydrogen-bond donors (Lipinski definition) is 2. The van der Waals surface area contributed by atoms with E-state index in [0.29, 0.717) is 17.0 Å². The highest BCUT2D eigenvalue weighted by Crippen LogP contribution is 2.21. The summed E-state index contributed by atoms with van der Waals surface area (Å²) in [5, 5.41) is 2.78. The molecule has 18 heavy (non-hydrogen) atoms. The van der Waals surface area contributed by atoms with Gasteiger partial charge in [-0.15, -0.1) is 6.42 Å². The molecule has 0 fully saturated rings. The minimum Gasteiger partial charge on any atom is -0.496 e. The summed E-state index contributed by atoms with van der Waals surface area (Å²) in [6.45, 7) is 2.01. The summed E-state index contributed by atoms with van der Waals surface area (Å²) >= 11 is 0. The van der Waals surface area contributed by atoms with E-state index in [1.165, 1.54) is 7.11 Å². The van der Waals surface area contributed by atoms with E-state index in [2.05, 4.69) is 11.2 Å². The van der Waals surface area contributed by atoms with Gasteiger partial charge in [0, 0.05) is 11.8 Å². The molecule has 1 aromatic rings. The van der Waals surface area contributed by atoms with E-state index in [1.54, 1.807) is 18.2 Å². The zero-order valence-corrected chi connectivity index (χ0v) is 10.7. The SMILES string of the molecule is C#CC(CCC)NC(=O)c1ccc(N)cc1OC. The fourth-order valence-electron chi connectivity index (χ4n) is 1.62. The smallest absolute Gasteiger partial charge is 0.256 e. The third-order valence-electron chi connectivity index (χ3n) is 2.55. The highest BCUT2D eigenvalue weighted by molar-refractivity contribution is 5.97. The van der Waals surface area contributed by atoms with Crippen molar-refractivity contribution >= 4 is 11.6 Å². The van der Waals surface area contributed by atoms with Crippen LogP contribution in [0.3, 0.4) is 0 Å². The Kier molecular flexibility index (Phi) is 5.06. The monoisotopic (exact) mass is 246 g/mol. The topological polar surface area (TPSA) is 64.4 Å². The van der Waals surface area contributed by atoms with Gasteiger partial charge in [-0.3, -0.25) is 4.79 Å². The van der Waals surface area contributed by atoms with Crippen LogP contribution in [-0.4, -0.2) is 19.1 Å². The summed E-state index contributed by atoms with van der Waals surface area (Å²) in [5.74, 6) is 2.75. The second-order valence-electron chi connectivity index (χ2n) is 3.94. The number of carbonyl (C=O) groups is 1. The van der Waals surface area contributed by atoms with Crippen LogP contribution >= 0.6 is 0 Å². The highest BCUT2D eigenvalue weighted by Gasteiger charge is 2.15. The van der Waals surface area contributed by atoms with Crippen LogP contribution in [0.5, 0.6) is 5.75 Å². The van der Waals surface area contributed by atoms with Gasteiger partial charge >= 0.3 is 0 Å². The Morgan fingerprint density at radius 2 is 2.33 bits per heavy atom. The van der Waals surface area contributed by atoms with Gasteiger partial charge in [0.05, 0.1) is 18.7 Å². The van der Waals surface area contributed by atoms with Gasteiger partial charge in [-0.1, -0.05) is 19.3 Å². The van der Waals surface area contributed by atoms with Crippen molar-refractivity contribution in [2.45, 2.75) is 25.8 Å². The lowest BCUT2D eigenvalue weighted by atomic mass is 10.1. The van der Waals surface area contributed by atoms with Crippen molar-refractivity contribution in [2.24, 2.45) is 0 Å². The van der Waals surface area contributed by atoms with Crippen LogP contribution in [0.2, 0.25) is 0 Å². The fraction of sp³-hybridized carbons (Fsp3) is 0.357. The molecule has 0 aliphatic rings. The number of nitrogens with one attached hydrogen (secondary N) is 1. The van der Waals surface area contributed by atoms with Crippen LogP contribution in [0.4, 0.5) is 5.69 Å². The zero-order chi connectivity index (χ0) is 13.5. The second-order valence-corrected chi connectivity index (χ2v) is 3.94. The maximum atomic E-state index is 12.1. The van der Waals surface area contributed by atoms with Crippen molar-refractivity contribution in [3.05, 3.63) is 23.8 Å². The van der Waals surface area contributed by atoms with Crippen LogP contribution < -0.4 is 15.8 Å². The minimum absolute atomic E-state index is 0.247. The first-order valence-corrected chi connectivity index (χ1v) is 5.82. The van der Waals surface area contributed by atoms with E-state index in [9.17, 15) is 4.79 Å². The van der Waals surface area contributed by atoms with E-state index < -0.39 is 0 Å². The summed E-state index contributed by atoms with van der Waals surface area (Å²) in [7, 11) is 1.50. The molecule has 96 valence electrons. The number of nitrogen functional groups attached to an aromatic ring is 1. The van der Waals surface area contributed by atoms with Crippen molar-refractivity contribution < 1.29 is 9.53 Å². The van der Waals surface area contributed by atoms with E-state index in [1.807, 2.05) is 6.92 Å². The normalized spacial score (nSPS) is 11.4. The Hall–Kier alpha value is -2.15. The Morgan fingerprint density at radius 1 is 1.61 bits per heavy atom. The van der Waals surface area contributed by atoms with Gasteiger partial charge in [-0.25, -0.2) is 0 Å². The van der Waals surface area contributed by atoms with Crippen LogP contribution in [-0.2, 0) is 0 Å². The molecule has 0 heterocycles. The molecule has 0 radical (unpaired) electrons. The first kappa shape index (κ1) is 13.9. The van der Waals surface area contributed by atoms with Gasteiger partial charge in [0.1, 0.15) is 5.75 Å². The molecule has 1 aromatic carbocycles. The van der Waals surface area contributed by atoms with Crippen molar-refractivity contribution in [1.82, 2.24) is 5.32 Å². The third-order valence-corrected chi connectivity index (χ3v) is 2.55. The van der Waals surface area contributed by atoms with Crippen LogP contribution in [0, 0.1) is 12.3 Å². The number of hydrogen-bond acceptors (Lipinski definition) is 3. The molecular formula is C14H18N2O2. The maximum Gasteiger partial charge on any atom is 0.256 e. The van der Waals surface area contributed by atoms with Crippen LogP contribution in [0.15, 0.2) is 18.2 Å². The largest absolute Gasteiger partial charge is 0.496 e. The van der Waals surface area contributed by atoms with Crippen LogP contribution in [0.1, 0.15) is 30.1 Å². The zero-order valence-electron chi connectivity index (χ0n) is 10.7. The number of anilines is 1. The molecule has 1 rings (SSSR count). The Labute approximate surface area is 108 Å². The summed E-state index contributed by atoms with van der Waals surface area (Å²) < 4.78 is 5.13. The van der Waals surface area contributed by atoms with Crippen molar-refractivity contribution in [2.75, 3.05) is 12.8 Å². The van der Waals surface area contributed by atoms with Crippen LogP contribution in [0.25, 0.3) is 0 Å². The summed E-state index contributed by atoms with van der Waals surface area (Å²) in [5.41, 5.74) is 6.61. The predicted octanol–water partition coefficient (Wildman–Crippen LogP) is 1.81. The lowest BCUT2D eigenvalue weighted by Crippen LogP contribution is -2.33. The highest BCUT2D eigenvalue weighted by atomic mass is 16.5. The molecule has 0 aliphatic carbocycles. The third kappa shape index (κ3) is 3.42. The Morgan fingerprint density at radius 3 is 2.89 bits per heavy atom. The first-order chi connectivity index (χ1) is 8.62. The number of benzene rings is 1. The first-order valence-electron chi connectivity index (χ1n) is 5.82. The molecule has 3 N–H and O–H groups in total. The van der Waals surface area contributed by atoms with E-state index in [0.717, 1.165) is 12.8 Å². The molecule has 1 unspecified atom stereocenters. The van der Waals surface area contributed by atoms with Gasteiger partial charge in [0.2, 0.25) is 0 Å². The maximum absolute atomic E-state index is 12.1. The molecule has 4 nitrogen and oxygen atoms in total. The quantitative estimate of drug-likeness (QED) is 0.615. The molecule has 0 saturated heterocycles. The number of carbonyl (C=O) groups excluding carboxylic acids is 1. The summed E-state index contributed by atoms with van der Waals surface area (Å²) in [6.07, 6.45) is 7.02. The molecule has 0 aromatic heterocycles. The van der Waals surface area contributed by atoms with Crippen molar-refractivity contribution in [1.29, 1.82) is 0 Å². The molecule has 0 bridgehead atoms. The molecule has 1 amide bonds. The van der Waals surface area contributed by atoms with E-state index in [-0.39, 0.29) is 11.9 Å². The molecule has 0 saturated carbocycles. The molecular weight excluding hydrogens is 228 g/mol. The average molecular weight is 246 g/mol. The minimum atomic E-state index is -0.259. The number of amides is 1. The van der Waals surface area contributed by atoms with Gasteiger partial charge < -0.3 is 15.8 Å². The molecule has 0 spiro atoms. The second kappa shape index (κ2) is 6.55. The number of nitrogens with two attached hydrogens (primary N) is 1. The van der Waals surface area contributed by atoms with E-state index in [4.69, 9.17) is 16.9 Å². The van der Waals surface area contributed by atoms with Gasteiger partial charge in [0.15, 0.2) is 0 Å². The number of terminal acetylenes is 1. The fourth-order valence-corrected chi connectivity index (χ4v) is 1.62. The van der Waals surface area contributed by atoms with Crippen molar-refractivity contribution in [3.63, 3.8) is 0 Å². The van der Waals surface area contributed by atoms with Crippen molar-refractivity contribution in [3.8, 4) is 18.1 Å². The van der Waals surface area contributed by atoms with Gasteiger partial charge in [0.25, 0.3) is 5.91 Å². The summed E-state index contributed by atoms with van der Waals surface area (Å²) in [4.78, 5) is 12.1. The molecule has 0 aliphatic heterocycles. The lowest BCUT2D eigenvalue weighted by molar-refractivity contribution is 0.0941. The Bertz CT molecular complexity index is 463. The Balaban J connectivity index is 2.87. The number of methoxy groups -OCH3 is 1.